The van der Waals surface area contributed by atoms with Crippen LogP contribution < -0.4 is 14.2 Å². The summed E-state index contributed by atoms with van der Waals surface area (Å²) >= 11 is 0. The monoisotopic (exact) mass is 337 g/mol. The number of ether oxygens (including phenoxy) is 3. The number of methoxy groups -OCH3 is 3. The maximum Gasteiger partial charge on any atom is 0.313 e. The highest BCUT2D eigenvalue weighted by molar-refractivity contribution is 6.07. The minimum absolute atomic E-state index is 0.193. The molecule has 0 bridgehead atoms. The number of amides is 2. The molecule has 24 heavy (non-hydrogen) atoms. The van der Waals surface area contributed by atoms with Gasteiger partial charge < -0.3 is 14.2 Å². The quantitative estimate of drug-likeness (QED) is 0.764. The lowest BCUT2D eigenvalue weighted by Crippen LogP contribution is -2.38. The van der Waals surface area contributed by atoms with Crippen LogP contribution in [0.5, 0.6) is 17.2 Å². The van der Waals surface area contributed by atoms with Crippen molar-refractivity contribution in [3.05, 3.63) is 35.7 Å². The highest BCUT2D eigenvalue weighted by Crippen LogP contribution is 2.38. The fourth-order valence-corrected chi connectivity index (χ4v) is 2.02. The van der Waals surface area contributed by atoms with Crippen LogP contribution in [0.2, 0.25) is 0 Å². The molecular formula is C16H16FNO6. The van der Waals surface area contributed by atoms with Crippen molar-refractivity contribution in [1.29, 1.82) is 0 Å². The summed E-state index contributed by atoms with van der Waals surface area (Å²) in [5.74, 6) is -1.76. The number of hydrogen-bond acceptors (Lipinski definition) is 6. The number of halogens is 1. The standard InChI is InChI=1S/C16H16FNO6/c1-21-12-8-10(9-13(22-2)15(12)23-3)4-5-14(19)18-16(20)11(17)6-7-24-18/h4-6,8-9H,7H2,1-3H3/b5-4+. The van der Waals surface area contributed by atoms with Gasteiger partial charge >= 0.3 is 5.91 Å². The van der Waals surface area contributed by atoms with E-state index in [2.05, 4.69) is 0 Å². The zero-order chi connectivity index (χ0) is 17.7. The van der Waals surface area contributed by atoms with Gasteiger partial charge in [-0.2, -0.15) is 0 Å². The van der Waals surface area contributed by atoms with Crippen LogP contribution in [0.3, 0.4) is 0 Å². The Bertz CT molecular complexity index is 688. The van der Waals surface area contributed by atoms with Crippen molar-refractivity contribution in [2.75, 3.05) is 27.9 Å². The molecule has 8 heteroatoms. The summed E-state index contributed by atoms with van der Waals surface area (Å²) < 4.78 is 28.8. The Morgan fingerprint density at radius 2 is 1.83 bits per heavy atom. The van der Waals surface area contributed by atoms with Crippen LogP contribution in [0, 0.1) is 0 Å². The molecule has 1 aromatic rings. The molecule has 0 aliphatic carbocycles. The first-order chi connectivity index (χ1) is 11.5. The predicted molar refractivity (Wildman–Crippen MR) is 82.1 cm³/mol. The molecule has 0 unspecified atom stereocenters. The molecule has 2 rings (SSSR count). The van der Waals surface area contributed by atoms with Crippen LogP contribution in [0.4, 0.5) is 4.39 Å². The SMILES string of the molecule is COc1cc(/C=C/C(=O)N2OCC=C(F)C2=O)cc(OC)c1OC. The number of nitrogens with zero attached hydrogens (tertiary/aromatic N) is 1. The zero-order valence-electron chi connectivity index (χ0n) is 13.4. The molecule has 2 amide bonds. The summed E-state index contributed by atoms with van der Waals surface area (Å²) in [4.78, 5) is 28.3. The van der Waals surface area contributed by atoms with Crippen molar-refractivity contribution in [3.63, 3.8) is 0 Å². The second kappa shape index (κ2) is 7.60. The van der Waals surface area contributed by atoms with Crippen molar-refractivity contribution in [2.45, 2.75) is 0 Å². The first-order valence-electron chi connectivity index (χ1n) is 6.87. The van der Waals surface area contributed by atoms with Gasteiger partial charge in [0.15, 0.2) is 17.3 Å². The van der Waals surface area contributed by atoms with Crippen molar-refractivity contribution >= 4 is 17.9 Å². The largest absolute Gasteiger partial charge is 0.493 e. The van der Waals surface area contributed by atoms with Crippen molar-refractivity contribution in [2.24, 2.45) is 0 Å². The summed E-state index contributed by atoms with van der Waals surface area (Å²) in [6.07, 6.45) is 3.45. The molecular weight excluding hydrogens is 321 g/mol. The third kappa shape index (κ3) is 3.54. The molecule has 1 aliphatic rings. The van der Waals surface area contributed by atoms with E-state index in [1.54, 1.807) is 12.1 Å². The molecule has 0 atom stereocenters. The van der Waals surface area contributed by atoms with E-state index in [1.807, 2.05) is 0 Å². The second-order valence-electron chi connectivity index (χ2n) is 4.58. The Morgan fingerprint density at radius 1 is 1.21 bits per heavy atom. The summed E-state index contributed by atoms with van der Waals surface area (Å²) in [7, 11) is 4.40. The lowest BCUT2D eigenvalue weighted by Gasteiger charge is -2.19. The van der Waals surface area contributed by atoms with E-state index in [-0.39, 0.29) is 6.61 Å². The van der Waals surface area contributed by atoms with Crippen molar-refractivity contribution < 1.29 is 33.0 Å². The van der Waals surface area contributed by atoms with Gasteiger partial charge in [0.2, 0.25) is 5.75 Å². The van der Waals surface area contributed by atoms with Crippen molar-refractivity contribution in [1.82, 2.24) is 5.06 Å². The van der Waals surface area contributed by atoms with E-state index in [4.69, 9.17) is 19.0 Å². The molecule has 0 saturated carbocycles. The Hall–Kier alpha value is -2.87. The van der Waals surface area contributed by atoms with Crippen LogP contribution in [0.1, 0.15) is 5.56 Å². The van der Waals surface area contributed by atoms with Gasteiger partial charge in [0, 0.05) is 6.08 Å². The van der Waals surface area contributed by atoms with E-state index in [1.165, 1.54) is 27.4 Å². The Labute approximate surface area is 137 Å². The van der Waals surface area contributed by atoms with E-state index >= 15 is 0 Å². The highest BCUT2D eigenvalue weighted by atomic mass is 19.1. The number of hydrogen-bond donors (Lipinski definition) is 0. The lowest BCUT2D eigenvalue weighted by atomic mass is 10.1. The molecule has 1 heterocycles. The molecule has 0 fully saturated rings. The van der Waals surface area contributed by atoms with Gasteiger partial charge in [0.05, 0.1) is 27.9 Å². The van der Waals surface area contributed by atoms with Gasteiger partial charge in [0.1, 0.15) is 0 Å². The van der Waals surface area contributed by atoms with E-state index < -0.39 is 17.6 Å². The van der Waals surface area contributed by atoms with Crippen molar-refractivity contribution in [3.8, 4) is 17.2 Å². The van der Waals surface area contributed by atoms with Crippen LogP contribution in [-0.2, 0) is 14.4 Å². The molecule has 1 aliphatic heterocycles. The lowest BCUT2D eigenvalue weighted by molar-refractivity contribution is -0.189. The minimum atomic E-state index is -1.14. The normalized spacial score (nSPS) is 14.6. The number of benzene rings is 1. The molecule has 0 radical (unpaired) electrons. The number of rotatable bonds is 5. The van der Waals surface area contributed by atoms with Crippen LogP contribution in [-0.4, -0.2) is 44.8 Å². The van der Waals surface area contributed by atoms with Gasteiger partial charge in [-0.15, -0.1) is 5.06 Å². The number of imide groups is 1. The van der Waals surface area contributed by atoms with Gasteiger partial charge in [-0.25, -0.2) is 4.39 Å². The molecule has 0 spiro atoms. The molecule has 128 valence electrons. The summed E-state index contributed by atoms with van der Waals surface area (Å²) in [6.45, 7) is -0.193. The highest BCUT2D eigenvalue weighted by Gasteiger charge is 2.27. The second-order valence-corrected chi connectivity index (χ2v) is 4.58. The fourth-order valence-electron chi connectivity index (χ4n) is 2.02. The third-order valence-electron chi connectivity index (χ3n) is 3.16. The number of carbonyl (C=O) groups is 2. The van der Waals surface area contributed by atoms with E-state index in [0.717, 1.165) is 12.2 Å². The van der Waals surface area contributed by atoms with Crippen LogP contribution >= 0.6 is 0 Å². The van der Waals surface area contributed by atoms with E-state index in [0.29, 0.717) is 27.9 Å². The first kappa shape index (κ1) is 17.5. The fraction of sp³-hybridized carbons (Fsp3) is 0.250. The first-order valence-corrected chi connectivity index (χ1v) is 6.87. The summed E-state index contributed by atoms with van der Waals surface area (Å²) in [6, 6.07) is 3.23. The van der Waals surface area contributed by atoms with Crippen LogP contribution in [0.15, 0.2) is 30.1 Å². The maximum absolute atomic E-state index is 13.2. The zero-order valence-corrected chi connectivity index (χ0v) is 13.4. The predicted octanol–water partition coefficient (Wildman–Crippen LogP) is 1.88. The Kier molecular flexibility index (Phi) is 5.54. The van der Waals surface area contributed by atoms with Gasteiger partial charge in [0.25, 0.3) is 5.91 Å². The van der Waals surface area contributed by atoms with Gasteiger partial charge in [-0.1, -0.05) is 0 Å². The average molecular weight is 337 g/mol. The third-order valence-corrected chi connectivity index (χ3v) is 3.16. The molecule has 0 saturated heterocycles. The molecule has 7 nitrogen and oxygen atoms in total. The topological polar surface area (TPSA) is 74.3 Å². The van der Waals surface area contributed by atoms with Gasteiger partial charge in [-0.05, 0) is 29.8 Å². The number of carbonyl (C=O) groups excluding carboxylic acids is 2. The smallest absolute Gasteiger partial charge is 0.313 e. The minimum Gasteiger partial charge on any atom is -0.493 e. The molecule has 0 aromatic heterocycles. The molecule has 1 aromatic carbocycles. The maximum atomic E-state index is 13.2. The summed E-state index contributed by atoms with van der Waals surface area (Å²) in [5.41, 5.74) is 0.554. The van der Waals surface area contributed by atoms with E-state index in [9.17, 15) is 14.0 Å². The Balaban J connectivity index is 2.24. The Morgan fingerprint density at radius 3 is 2.38 bits per heavy atom. The van der Waals surface area contributed by atoms with Gasteiger partial charge in [-0.3, -0.25) is 14.4 Å². The number of hydroxylamine groups is 2. The molecule has 0 N–H and O–H groups in total. The average Bonchev–Trinajstić information content (AvgIpc) is 2.60. The van der Waals surface area contributed by atoms with Crippen LogP contribution in [0.25, 0.3) is 6.08 Å². The summed E-state index contributed by atoms with van der Waals surface area (Å²) in [5, 5.41) is 0.365.